The molecule has 0 aliphatic carbocycles. The lowest BCUT2D eigenvalue weighted by Crippen LogP contribution is -2.38. The molecule has 33 heavy (non-hydrogen) atoms. The maximum atomic E-state index is 12.4. The van der Waals surface area contributed by atoms with Crippen molar-refractivity contribution < 1.29 is 19.0 Å². The third-order valence-corrected chi connectivity index (χ3v) is 5.23. The molecule has 1 saturated heterocycles. The number of piperidine rings is 1. The van der Waals surface area contributed by atoms with E-state index in [0.29, 0.717) is 23.2 Å². The second-order valence-corrected chi connectivity index (χ2v) is 7.83. The lowest BCUT2D eigenvalue weighted by molar-refractivity contribution is -0.134. The van der Waals surface area contributed by atoms with E-state index in [0.717, 1.165) is 42.9 Å². The highest BCUT2D eigenvalue weighted by atomic mass is 32.1. The van der Waals surface area contributed by atoms with Crippen molar-refractivity contribution in [2.24, 2.45) is 5.10 Å². The molecule has 1 aliphatic rings. The Balaban J connectivity index is 1.55. The van der Waals surface area contributed by atoms with E-state index in [4.69, 9.17) is 26.4 Å². The highest BCUT2D eigenvalue weighted by Gasteiger charge is 2.17. The molecule has 0 saturated carbocycles. The molecule has 0 radical (unpaired) electrons. The number of rotatable bonds is 9. The maximum absolute atomic E-state index is 12.4. The molecule has 2 aromatic carbocycles. The van der Waals surface area contributed by atoms with Gasteiger partial charge in [0.05, 0.1) is 19.9 Å². The van der Waals surface area contributed by atoms with Crippen LogP contribution in [-0.2, 0) is 4.79 Å². The second-order valence-electron chi connectivity index (χ2n) is 7.43. The summed E-state index contributed by atoms with van der Waals surface area (Å²) in [6, 6.07) is 12.9. The fraction of sp³-hybridized carbons (Fsp3) is 0.375. The van der Waals surface area contributed by atoms with Crippen LogP contribution in [0.2, 0.25) is 0 Å². The monoisotopic (exact) mass is 470 g/mol. The first-order valence-corrected chi connectivity index (χ1v) is 11.4. The fourth-order valence-electron chi connectivity index (χ4n) is 3.39. The highest BCUT2D eigenvalue weighted by molar-refractivity contribution is 7.80. The van der Waals surface area contributed by atoms with Gasteiger partial charge in [0, 0.05) is 24.8 Å². The first kappa shape index (κ1) is 24.3. The molecule has 1 amide bonds. The molecule has 1 heterocycles. The molecule has 8 nitrogen and oxygen atoms in total. The zero-order valence-corrected chi connectivity index (χ0v) is 19.8. The van der Waals surface area contributed by atoms with Gasteiger partial charge in [-0.3, -0.25) is 10.2 Å². The van der Waals surface area contributed by atoms with Crippen LogP contribution >= 0.6 is 12.2 Å². The number of benzene rings is 2. The van der Waals surface area contributed by atoms with Crippen LogP contribution in [-0.4, -0.2) is 55.5 Å². The van der Waals surface area contributed by atoms with Crippen molar-refractivity contribution in [3.05, 3.63) is 48.0 Å². The Hall–Kier alpha value is -3.33. The summed E-state index contributed by atoms with van der Waals surface area (Å²) in [4.78, 5) is 14.2. The first-order valence-electron chi connectivity index (χ1n) is 11.0. The minimum Gasteiger partial charge on any atom is -0.497 e. The Morgan fingerprint density at radius 1 is 1.12 bits per heavy atom. The molecular formula is C24H30N4O4S. The smallest absolute Gasteiger partial charge is 0.260 e. The quantitative estimate of drug-likeness (QED) is 0.328. The summed E-state index contributed by atoms with van der Waals surface area (Å²) in [5.41, 5.74) is 4.38. The van der Waals surface area contributed by atoms with Crippen LogP contribution < -0.4 is 25.0 Å². The predicted molar refractivity (Wildman–Crippen MR) is 133 cm³/mol. The summed E-state index contributed by atoms with van der Waals surface area (Å²) >= 11 is 5.27. The van der Waals surface area contributed by atoms with E-state index in [1.54, 1.807) is 19.4 Å². The van der Waals surface area contributed by atoms with Crippen LogP contribution in [0.3, 0.4) is 0 Å². The number of anilines is 1. The van der Waals surface area contributed by atoms with Crippen molar-refractivity contribution in [2.75, 3.05) is 38.7 Å². The van der Waals surface area contributed by atoms with Gasteiger partial charge >= 0.3 is 0 Å². The highest BCUT2D eigenvalue weighted by Crippen LogP contribution is 2.28. The van der Waals surface area contributed by atoms with E-state index in [2.05, 4.69) is 15.8 Å². The molecule has 3 rings (SSSR count). The number of methoxy groups -OCH3 is 1. The van der Waals surface area contributed by atoms with Gasteiger partial charge in [0.2, 0.25) is 0 Å². The molecule has 0 bridgehead atoms. The number of carbonyl (C=O) groups is 1. The molecule has 2 aromatic rings. The van der Waals surface area contributed by atoms with Gasteiger partial charge < -0.3 is 24.4 Å². The van der Waals surface area contributed by atoms with Crippen molar-refractivity contribution in [1.29, 1.82) is 0 Å². The van der Waals surface area contributed by atoms with Gasteiger partial charge in [-0.05, 0) is 74.3 Å². The van der Waals surface area contributed by atoms with E-state index in [1.165, 1.54) is 6.42 Å². The van der Waals surface area contributed by atoms with Crippen LogP contribution in [0.4, 0.5) is 5.69 Å². The maximum Gasteiger partial charge on any atom is 0.260 e. The summed E-state index contributed by atoms with van der Waals surface area (Å²) in [6.07, 6.45) is 4.91. The third kappa shape index (κ3) is 7.64. The van der Waals surface area contributed by atoms with Crippen molar-refractivity contribution in [3.63, 3.8) is 0 Å². The van der Waals surface area contributed by atoms with E-state index < -0.39 is 0 Å². The number of nitrogens with one attached hydrogen (secondary N) is 2. The third-order valence-electron chi connectivity index (χ3n) is 5.03. The number of thiocarbonyl (C=S) groups is 1. The summed E-state index contributed by atoms with van der Waals surface area (Å²) in [6.45, 7) is 3.98. The standard InChI is InChI=1S/C24H30N4O4S/c1-3-31-22-14-18(10-11-21(22)32-17-23(29)28-12-5-4-6-13-28)16-25-27-24(33)26-19-8-7-9-20(15-19)30-2/h7-11,14-16H,3-6,12-13,17H2,1-2H3,(H2,26,27,33)/b25-16+. The zero-order valence-electron chi connectivity index (χ0n) is 19.0. The Morgan fingerprint density at radius 2 is 1.94 bits per heavy atom. The van der Waals surface area contributed by atoms with E-state index >= 15 is 0 Å². The fourth-order valence-corrected chi connectivity index (χ4v) is 3.56. The molecule has 1 fully saturated rings. The summed E-state index contributed by atoms with van der Waals surface area (Å²) in [5, 5.41) is 7.57. The average Bonchev–Trinajstić information content (AvgIpc) is 2.84. The predicted octanol–water partition coefficient (Wildman–Crippen LogP) is 3.81. The van der Waals surface area contributed by atoms with Crippen LogP contribution in [0.15, 0.2) is 47.6 Å². The van der Waals surface area contributed by atoms with Gasteiger partial charge in [-0.1, -0.05) is 6.07 Å². The Morgan fingerprint density at radius 3 is 2.70 bits per heavy atom. The summed E-state index contributed by atoms with van der Waals surface area (Å²) < 4.78 is 16.7. The normalized spacial score (nSPS) is 13.5. The molecule has 0 spiro atoms. The van der Waals surface area contributed by atoms with Crippen molar-refractivity contribution in [1.82, 2.24) is 10.3 Å². The van der Waals surface area contributed by atoms with Crippen LogP contribution in [0.1, 0.15) is 31.7 Å². The van der Waals surface area contributed by atoms with Crippen LogP contribution in [0.25, 0.3) is 0 Å². The van der Waals surface area contributed by atoms with Crippen LogP contribution in [0.5, 0.6) is 17.2 Å². The largest absolute Gasteiger partial charge is 0.497 e. The first-order chi connectivity index (χ1) is 16.1. The number of hydrogen-bond donors (Lipinski definition) is 2. The average molecular weight is 471 g/mol. The van der Waals surface area contributed by atoms with Crippen molar-refractivity contribution in [3.8, 4) is 17.2 Å². The number of hydrogen-bond acceptors (Lipinski definition) is 6. The molecule has 1 aliphatic heterocycles. The van der Waals surface area contributed by atoms with Crippen molar-refractivity contribution in [2.45, 2.75) is 26.2 Å². The van der Waals surface area contributed by atoms with Crippen LogP contribution in [0, 0.1) is 0 Å². The molecule has 0 aromatic heterocycles. The summed E-state index contributed by atoms with van der Waals surface area (Å²) in [7, 11) is 1.61. The molecule has 0 atom stereocenters. The lowest BCUT2D eigenvalue weighted by Gasteiger charge is -2.26. The van der Waals surface area contributed by atoms with Gasteiger partial charge in [0.1, 0.15) is 5.75 Å². The topological polar surface area (TPSA) is 84.4 Å². The number of nitrogens with zero attached hydrogens (tertiary/aromatic N) is 2. The Bertz CT molecular complexity index is 977. The van der Waals surface area contributed by atoms with E-state index in [1.807, 2.05) is 48.2 Å². The molecule has 0 unspecified atom stereocenters. The number of hydrazone groups is 1. The van der Waals surface area contributed by atoms with E-state index in [9.17, 15) is 4.79 Å². The van der Waals surface area contributed by atoms with Crippen molar-refractivity contribution >= 4 is 35.1 Å². The molecular weight excluding hydrogens is 440 g/mol. The Labute approximate surface area is 199 Å². The second kappa shape index (κ2) is 12.6. The molecule has 2 N–H and O–H groups in total. The summed E-state index contributed by atoms with van der Waals surface area (Å²) in [5.74, 6) is 1.83. The van der Waals surface area contributed by atoms with Gasteiger partial charge in [-0.25, -0.2) is 0 Å². The van der Waals surface area contributed by atoms with E-state index in [-0.39, 0.29) is 12.5 Å². The number of amides is 1. The van der Waals surface area contributed by atoms with Gasteiger partial charge in [-0.15, -0.1) is 0 Å². The number of carbonyl (C=O) groups excluding carboxylic acids is 1. The molecule has 176 valence electrons. The Kier molecular flexibility index (Phi) is 9.31. The van der Waals surface area contributed by atoms with Gasteiger partial charge in [-0.2, -0.15) is 5.10 Å². The number of ether oxygens (including phenoxy) is 3. The zero-order chi connectivity index (χ0) is 23.5. The van der Waals surface area contributed by atoms with Gasteiger partial charge in [0.15, 0.2) is 23.2 Å². The molecule has 9 heteroatoms. The minimum atomic E-state index is -0.000717. The van der Waals surface area contributed by atoms with Gasteiger partial charge in [0.25, 0.3) is 5.91 Å². The SMILES string of the molecule is CCOc1cc(/C=N/NC(=S)Nc2cccc(OC)c2)ccc1OCC(=O)N1CCCCC1. The minimum absolute atomic E-state index is 0.000717. The lowest BCUT2D eigenvalue weighted by atomic mass is 10.1. The number of likely N-dealkylation sites (tertiary alicyclic amines) is 1.